The van der Waals surface area contributed by atoms with E-state index in [1.54, 1.807) is 27.3 Å². The molecule has 0 atom stereocenters. The van der Waals surface area contributed by atoms with Gasteiger partial charge in [0.05, 0.1) is 21.6 Å². The second kappa shape index (κ2) is 8.36. The number of anilines is 1. The fourth-order valence-corrected chi connectivity index (χ4v) is 3.77. The normalized spacial score (nSPS) is 13.4. The Morgan fingerprint density at radius 1 is 1.10 bits per heavy atom. The molecule has 1 heterocycles. The van der Waals surface area contributed by atoms with Crippen LogP contribution in [0.15, 0.2) is 47.3 Å². The zero-order valence-electron chi connectivity index (χ0n) is 16.7. The van der Waals surface area contributed by atoms with Gasteiger partial charge in [-0.2, -0.15) is 0 Å². The second-order valence-electron chi connectivity index (χ2n) is 7.41. The van der Waals surface area contributed by atoms with Crippen molar-refractivity contribution in [3.8, 4) is 0 Å². The number of amides is 2. The van der Waals surface area contributed by atoms with Gasteiger partial charge in [-0.15, -0.1) is 0 Å². The van der Waals surface area contributed by atoms with Crippen molar-refractivity contribution in [3.05, 3.63) is 63.5 Å². The summed E-state index contributed by atoms with van der Waals surface area (Å²) >= 11 is 6.23. The largest absolute Gasteiger partial charge is 0.349 e. The first kappa shape index (κ1) is 20.2. The summed E-state index contributed by atoms with van der Waals surface area (Å²) in [5, 5.41) is 5.96. The third-order valence-corrected chi connectivity index (χ3v) is 5.53. The predicted octanol–water partition coefficient (Wildman–Crippen LogP) is 3.40. The summed E-state index contributed by atoms with van der Waals surface area (Å²) in [6, 6.07) is 12.6. The summed E-state index contributed by atoms with van der Waals surface area (Å²) in [7, 11) is 0. The van der Waals surface area contributed by atoms with Crippen LogP contribution in [0, 0.1) is 0 Å². The Morgan fingerprint density at radius 2 is 1.80 bits per heavy atom. The highest BCUT2D eigenvalue weighted by Gasteiger charge is 2.24. The van der Waals surface area contributed by atoms with E-state index >= 15 is 0 Å². The minimum atomic E-state index is -0.235. The molecule has 2 amide bonds. The lowest BCUT2D eigenvalue weighted by Crippen LogP contribution is -2.26. The Kier molecular flexibility index (Phi) is 5.63. The molecule has 0 bridgehead atoms. The van der Waals surface area contributed by atoms with Crippen LogP contribution in [-0.4, -0.2) is 27.0 Å². The second-order valence-corrected chi connectivity index (χ2v) is 7.81. The van der Waals surface area contributed by atoms with Gasteiger partial charge in [0.1, 0.15) is 0 Å². The lowest BCUT2D eigenvalue weighted by atomic mass is 10.2. The van der Waals surface area contributed by atoms with E-state index in [0.29, 0.717) is 17.8 Å². The van der Waals surface area contributed by atoms with Crippen LogP contribution in [0.1, 0.15) is 36.5 Å². The topological polar surface area (TPSA) is 85.1 Å². The molecule has 2 N–H and O–H groups in total. The summed E-state index contributed by atoms with van der Waals surface area (Å²) < 4.78 is 3.31. The molecule has 3 aromatic rings. The van der Waals surface area contributed by atoms with E-state index in [1.807, 2.05) is 31.2 Å². The molecule has 0 radical (unpaired) electrons. The van der Waals surface area contributed by atoms with E-state index < -0.39 is 0 Å². The van der Waals surface area contributed by atoms with Crippen LogP contribution in [-0.2, 0) is 17.9 Å². The molecule has 0 aliphatic heterocycles. The third-order valence-electron chi connectivity index (χ3n) is 5.21. The van der Waals surface area contributed by atoms with Gasteiger partial charge in [0, 0.05) is 31.2 Å². The number of fused-ring (bicyclic) bond motifs is 1. The van der Waals surface area contributed by atoms with E-state index in [4.69, 9.17) is 11.6 Å². The molecule has 8 heteroatoms. The van der Waals surface area contributed by atoms with Gasteiger partial charge >= 0.3 is 5.69 Å². The average Bonchev–Trinajstić information content (AvgIpc) is 3.48. The highest BCUT2D eigenvalue weighted by Crippen LogP contribution is 2.24. The Morgan fingerprint density at radius 3 is 2.43 bits per heavy atom. The van der Waals surface area contributed by atoms with Gasteiger partial charge in [0.15, 0.2) is 0 Å². The van der Waals surface area contributed by atoms with E-state index in [1.165, 1.54) is 0 Å². The van der Waals surface area contributed by atoms with E-state index in [2.05, 4.69) is 10.6 Å². The molecule has 156 valence electrons. The van der Waals surface area contributed by atoms with Gasteiger partial charge in [0.25, 0.3) is 5.91 Å². The first-order valence-corrected chi connectivity index (χ1v) is 10.4. The number of imidazole rings is 1. The van der Waals surface area contributed by atoms with Crippen molar-refractivity contribution in [1.29, 1.82) is 0 Å². The number of nitrogens with one attached hydrogen (secondary N) is 2. The standard InChI is InChI=1S/C22H23ClN4O3/c1-2-26-18-5-3-4-6-19(18)27(22(26)30)12-11-20(28)24-15-9-10-16(17(23)13-15)21(29)25-14-7-8-14/h3-6,9-10,13-14H,2,7-8,11-12H2,1H3,(H,24,28)(H,25,29). The number of aryl methyl sites for hydroxylation is 2. The Labute approximate surface area is 178 Å². The molecule has 0 unspecified atom stereocenters. The van der Waals surface area contributed by atoms with Gasteiger partial charge in [-0.05, 0) is 50.1 Å². The number of benzene rings is 2. The van der Waals surface area contributed by atoms with Crippen molar-refractivity contribution >= 4 is 40.1 Å². The highest BCUT2D eigenvalue weighted by atomic mass is 35.5. The van der Waals surface area contributed by atoms with Crippen molar-refractivity contribution in [3.63, 3.8) is 0 Å². The molecule has 1 aliphatic rings. The van der Waals surface area contributed by atoms with Crippen LogP contribution in [0.2, 0.25) is 5.02 Å². The molecular weight excluding hydrogens is 404 g/mol. The molecule has 1 fully saturated rings. The Bertz CT molecular complexity index is 1180. The Hall–Kier alpha value is -3.06. The number of hydrogen-bond acceptors (Lipinski definition) is 3. The molecule has 0 spiro atoms. The van der Waals surface area contributed by atoms with Crippen molar-refractivity contribution in [2.45, 2.75) is 45.3 Å². The summed E-state index contributed by atoms with van der Waals surface area (Å²) in [5.41, 5.74) is 2.45. The Balaban J connectivity index is 1.42. The fraction of sp³-hybridized carbons (Fsp3) is 0.318. The van der Waals surface area contributed by atoms with Gasteiger partial charge in [-0.3, -0.25) is 18.7 Å². The third kappa shape index (κ3) is 4.11. The molecule has 4 rings (SSSR count). The number of nitrogens with zero attached hydrogens (tertiary/aromatic N) is 2. The first-order chi connectivity index (χ1) is 14.5. The number of halogens is 1. The molecule has 0 saturated heterocycles. The maximum absolute atomic E-state index is 12.7. The maximum atomic E-state index is 12.7. The van der Waals surface area contributed by atoms with E-state index in [-0.39, 0.29) is 41.5 Å². The molecule has 1 aromatic heterocycles. The minimum Gasteiger partial charge on any atom is -0.349 e. The van der Waals surface area contributed by atoms with Crippen LogP contribution in [0.3, 0.4) is 0 Å². The fourth-order valence-electron chi connectivity index (χ4n) is 3.50. The maximum Gasteiger partial charge on any atom is 0.329 e. The van der Waals surface area contributed by atoms with Gasteiger partial charge in [-0.1, -0.05) is 23.7 Å². The molecule has 2 aromatic carbocycles. The molecule has 7 nitrogen and oxygen atoms in total. The predicted molar refractivity (Wildman–Crippen MR) is 117 cm³/mol. The average molecular weight is 427 g/mol. The summed E-state index contributed by atoms with van der Waals surface area (Å²) in [6.45, 7) is 2.76. The quantitative estimate of drug-likeness (QED) is 0.607. The smallest absolute Gasteiger partial charge is 0.329 e. The lowest BCUT2D eigenvalue weighted by molar-refractivity contribution is -0.116. The zero-order chi connectivity index (χ0) is 21.3. The van der Waals surface area contributed by atoms with Gasteiger partial charge in [-0.25, -0.2) is 4.79 Å². The van der Waals surface area contributed by atoms with Crippen molar-refractivity contribution in [2.24, 2.45) is 0 Å². The monoisotopic (exact) mass is 426 g/mol. The molecular formula is C22H23ClN4O3. The molecule has 1 saturated carbocycles. The van der Waals surface area contributed by atoms with Crippen LogP contribution in [0.5, 0.6) is 0 Å². The molecule has 1 aliphatic carbocycles. The number of aromatic nitrogens is 2. The van der Waals surface area contributed by atoms with Crippen LogP contribution in [0.25, 0.3) is 11.0 Å². The van der Waals surface area contributed by atoms with E-state index in [0.717, 1.165) is 23.9 Å². The van der Waals surface area contributed by atoms with E-state index in [9.17, 15) is 14.4 Å². The summed E-state index contributed by atoms with van der Waals surface area (Å²) in [4.78, 5) is 37.3. The van der Waals surface area contributed by atoms with Gasteiger partial charge in [0.2, 0.25) is 5.91 Å². The van der Waals surface area contributed by atoms with Crippen molar-refractivity contribution < 1.29 is 9.59 Å². The number of rotatable bonds is 7. The van der Waals surface area contributed by atoms with Crippen LogP contribution >= 0.6 is 11.6 Å². The van der Waals surface area contributed by atoms with Crippen LogP contribution in [0.4, 0.5) is 5.69 Å². The summed E-state index contributed by atoms with van der Waals surface area (Å²) in [5.74, 6) is -0.437. The summed E-state index contributed by atoms with van der Waals surface area (Å²) in [6.07, 6.45) is 2.13. The number of para-hydroxylation sites is 2. The van der Waals surface area contributed by atoms with Crippen molar-refractivity contribution in [2.75, 3.05) is 5.32 Å². The highest BCUT2D eigenvalue weighted by molar-refractivity contribution is 6.34. The SMILES string of the molecule is CCn1c(=O)n(CCC(=O)Nc2ccc(C(=O)NC3CC3)c(Cl)c2)c2ccccc21. The number of carbonyl (C=O) groups excluding carboxylic acids is 2. The number of carbonyl (C=O) groups is 2. The zero-order valence-corrected chi connectivity index (χ0v) is 17.4. The minimum absolute atomic E-state index is 0.124. The van der Waals surface area contributed by atoms with Crippen molar-refractivity contribution in [1.82, 2.24) is 14.5 Å². The lowest BCUT2D eigenvalue weighted by Gasteiger charge is -2.09. The first-order valence-electron chi connectivity index (χ1n) is 10.1. The van der Waals surface area contributed by atoms with Crippen LogP contribution < -0.4 is 16.3 Å². The van der Waals surface area contributed by atoms with Gasteiger partial charge < -0.3 is 10.6 Å². The number of hydrogen-bond donors (Lipinski definition) is 2. The molecule has 30 heavy (non-hydrogen) atoms.